The molecule has 0 radical (unpaired) electrons. The summed E-state index contributed by atoms with van der Waals surface area (Å²) in [7, 11) is 0. The topological polar surface area (TPSA) is 47.6 Å². The molecule has 3 atom stereocenters. The van der Waals surface area contributed by atoms with Crippen LogP contribution in [0.4, 0.5) is 0 Å². The summed E-state index contributed by atoms with van der Waals surface area (Å²) in [6.07, 6.45) is 3.98. The molecule has 2 saturated heterocycles. The van der Waals surface area contributed by atoms with Crippen molar-refractivity contribution in [3.05, 3.63) is 0 Å². The highest BCUT2D eigenvalue weighted by Gasteiger charge is 2.52. The minimum Gasteiger partial charge on any atom is -0.360 e. The summed E-state index contributed by atoms with van der Waals surface area (Å²) in [5.74, 6) is 1.19. The van der Waals surface area contributed by atoms with E-state index in [0.717, 1.165) is 50.4 Å². The number of nitrogens with zero attached hydrogens (tertiary/aromatic N) is 2. The lowest BCUT2D eigenvalue weighted by atomic mass is 9.94. The molecule has 26 heavy (non-hydrogen) atoms. The standard InChI is InChI=1S/C20H38N4OS/c1-7-15(5)13-24-18(25)17(16(6)8-2)22-20(24)9-11-23(12-10-20)19(26)21-14(3)4/h14-17,22H,7-13H2,1-6H3,(H,21,26)/t15-,16+,17-/m0/s1. The quantitative estimate of drug-likeness (QED) is 0.692. The summed E-state index contributed by atoms with van der Waals surface area (Å²) >= 11 is 5.55. The molecule has 6 heteroatoms. The molecule has 150 valence electrons. The molecule has 1 amide bonds. The third-order valence-corrected chi connectivity index (χ3v) is 6.54. The van der Waals surface area contributed by atoms with Crippen LogP contribution >= 0.6 is 12.2 Å². The van der Waals surface area contributed by atoms with Crippen molar-refractivity contribution in [3.63, 3.8) is 0 Å². The van der Waals surface area contributed by atoms with E-state index in [1.165, 1.54) is 0 Å². The van der Waals surface area contributed by atoms with Crippen LogP contribution in [0.15, 0.2) is 0 Å². The Kier molecular flexibility index (Phi) is 7.31. The molecule has 2 heterocycles. The zero-order chi connectivity index (χ0) is 19.5. The third kappa shape index (κ3) is 4.50. The maximum absolute atomic E-state index is 13.2. The minimum atomic E-state index is -0.196. The van der Waals surface area contributed by atoms with Crippen molar-refractivity contribution in [2.24, 2.45) is 11.8 Å². The van der Waals surface area contributed by atoms with Gasteiger partial charge in [-0.2, -0.15) is 0 Å². The van der Waals surface area contributed by atoms with Gasteiger partial charge in [-0.3, -0.25) is 10.1 Å². The number of carbonyl (C=O) groups is 1. The van der Waals surface area contributed by atoms with Crippen LogP contribution in [0.5, 0.6) is 0 Å². The molecular weight excluding hydrogens is 344 g/mol. The van der Waals surface area contributed by atoms with Gasteiger partial charge in [0.2, 0.25) is 5.91 Å². The Balaban J connectivity index is 2.13. The molecule has 2 N–H and O–H groups in total. The van der Waals surface area contributed by atoms with Gasteiger partial charge in [-0.1, -0.05) is 40.5 Å². The fraction of sp³-hybridized carbons (Fsp3) is 0.900. The van der Waals surface area contributed by atoms with Gasteiger partial charge in [0.1, 0.15) is 0 Å². The lowest BCUT2D eigenvalue weighted by Crippen LogP contribution is -2.61. The first-order valence-corrected chi connectivity index (χ1v) is 10.8. The van der Waals surface area contributed by atoms with Crippen molar-refractivity contribution < 1.29 is 4.79 Å². The second kappa shape index (κ2) is 8.87. The first-order valence-electron chi connectivity index (χ1n) is 10.4. The number of hydrogen-bond donors (Lipinski definition) is 2. The molecule has 2 aliphatic rings. The number of piperidine rings is 1. The summed E-state index contributed by atoms with van der Waals surface area (Å²) in [5.41, 5.74) is -0.196. The number of likely N-dealkylation sites (tertiary alicyclic amines) is 1. The van der Waals surface area contributed by atoms with Crippen LogP contribution in [0, 0.1) is 11.8 Å². The largest absolute Gasteiger partial charge is 0.360 e. The fourth-order valence-corrected chi connectivity index (χ4v) is 4.39. The van der Waals surface area contributed by atoms with Crippen molar-refractivity contribution in [2.75, 3.05) is 19.6 Å². The number of carbonyl (C=O) groups excluding carboxylic acids is 1. The first kappa shape index (κ1) is 21.4. The van der Waals surface area contributed by atoms with Crippen LogP contribution in [-0.4, -0.2) is 58.2 Å². The molecule has 1 spiro atoms. The summed E-state index contributed by atoms with van der Waals surface area (Å²) in [6.45, 7) is 15.7. The molecule has 5 nitrogen and oxygen atoms in total. The highest BCUT2D eigenvalue weighted by molar-refractivity contribution is 7.80. The highest BCUT2D eigenvalue weighted by Crippen LogP contribution is 2.35. The summed E-state index contributed by atoms with van der Waals surface area (Å²) in [4.78, 5) is 17.6. The van der Waals surface area contributed by atoms with E-state index < -0.39 is 0 Å². The van der Waals surface area contributed by atoms with E-state index in [4.69, 9.17) is 12.2 Å². The van der Waals surface area contributed by atoms with Crippen molar-refractivity contribution in [2.45, 2.75) is 85.0 Å². The van der Waals surface area contributed by atoms with Gasteiger partial charge in [0.15, 0.2) is 5.11 Å². The molecule has 0 aromatic carbocycles. The van der Waals surface area contributed by atoms with Gasteiger partial charge in [0.25, 0.3) is 0 Å². The fourth-order valence-electron chi connectivity index (χ4n) is 3.97. The van der Waals surface area contributed by atoms with Gasteiger partial charge < -0.3 is 15.1 Å². The molecule has 2 fully saturated rings. The van der Waals surface area contributed by atoms with E-state index in [9.17, 15) is 4.79 Å². The Bertz CT molecular complexity index is 502. The van der Waals surface area contributed by atoms with E-state index in [2.05, 4.69) is 62.0 Å². The smallest absolute Gasteiger partial charge is 0.241 e. The van der Waals surface area contributed by atoms with E-state index in [0.29, 0.717) is 23.8 Å². The first-order chi connectivity index (χ1) is 12.2. The average Bonchev–Trinajstić information content (AvgIpc) is 2.87. The van der Waals surface area contributed by atoms with E-state index >= 15 is 0 Å². The number of thiocarbonyl (C=S) groups is 1. The Hall–Kier alpha value is -0.880. The SMILES string of the molecule is CC[C@H](C)CN1C(=O)[C@H]([C@H](C)CC)NC12CCN(C(=S)NC(C)C)CC2. The molecule has 0 aromatic heterocycles. The van der Waals surface area contributed by atoms with E-state index in [1.807, 2.05) is 0 Å². The molecule has 0 unspecified atom stereocenters. The zero-order valence-corrected chi connectivity index (χ0v) is 18.3. The van der Waals surface area contributed by atoms with Gasteiger partial charge >= 0.3 is 0 Å². The number of hydrogen-bond acceptors (Lipinski definition) is 3. The highest BCUT2D eigenvalue weighted by atomic mass is 32.1. The van der Waals surface area contributed by atoms with Crippen LogP contribution in [0.25, 0.3) is 0 Å². The van der Waals surface area contributed by atoms with Crippen molar-refractivity contribution in [3.8, 4) is 0 Å². The van der Waals surface area contributed by atoms with Crippen molar-refractivity contribution >= 4 is 23.2 Å². The zero-order valence-electron chi connectivity index (χ0n) is 17.5. The van der Waals surface area contributed by atoms with Crippen molar-refractivity contribution in [1.29, 1.82) is 0 Å². The predicted molar refractivity (Wildman–Crippen MR) is 112 cm³/mol. The van der Waals surface area contributed by atoms with Crippen LogP contribution < -0.4 is 10.6 Å². The summed E-state index contributed by atoms with van der Waals surface area (Å²) < 4.78 is 0. The second-order valence-corrected chi connectivity index (χ2v) is 8.98. The third-order valence-electron chi connectivity index (χ3n) is 6.17. The molecule has 0 bridgehead atoms. The predicted octanol–water partition coefficient (Wildman–Crippen LogP) is 2.95. The number of nitrogens with one attached hydrogen (secondary N) is 2. The Morgan fingerprint density at radius 1 is 1.23 bits per heavy atom. The Labute approximate surface area is 165 Å². The normalized spacial score (nSPS) is 25.0. The lowest BCUT2D eigenvalue weighted by molar-refractivity contribution is -0.134. The molecule has 0 saturated carbocycles. The van der Waals surface area contributed by atoms with Crippen LogP contribution in [0.3, 0.4) is 0 Å². The van der Waals surface area contributed by atoms with Crippen LogP contribution in [-0.2, 0) is 4.79 Å². The van der Waals surface area contributed by atoms with Gasteiger partial charge in [-0.25, -0.2) is 0 Å². The van der Waals surface area contributed by atoms with Gasteiger partial charge in [-0.05, 0) is 37.9 Å². The average molecular weight is 383 g/mol. The molecular formula is C20H38N4OS. The molecule has 0 aliphatic carbocycles. The Morgan fingerprint density at radius 2 is 1.85 bits per heavy atom. The van der Waals surface area contributed by atoms with Gasteiger partial charge in [-0.15, -0.1) is 0 Å². The van der Waals surface area contributed by atoms with Gasteiger partial charge in [0.05, 0.1) is 11.7 Å². The summed E-state index contributed by atoms with van der Waals surface area (Å²) in [5, 5.41) is 7.96. The van der Waals surface area contributed by atoms with Gasteiger partial charge in [0, 0.05) is 38.5 Å². The maximum atomic E-state index is 13.2. The summed E-state index contributed by atoms with van der Waals surface area (Å²) in [6, 6.07) is 0.303. The number of amides is 1. The van der Waals surface area contributed by atoms with Crippen molar-refractivity contribution in [1.82, 2.24) is 20.4 Å². The molecule has 2 aliphatic heterocycles. The van der Waals surface area contributed by atoms with E-state index in [1.54, 1.807) is 0 Å². The monoisotopic (exact) mass is 382 g/mol. The molecule has 0 aromatic rings. The number of rotatable bonds is 6. The Morgan fingerprint density at radius 3 is 2.35 bits per heavy atom. The van der Waals surface area contributed by atoms with Crippen LogP contribution in [0.1, 0.15) is 67.2 Å². The minimum absolute atomic E-state index is 0.0450. The van der Waals surface area contributed by atoms with E-state index in [-0.39, 0.29) is 11.7 Å². The second-order valence-electron chi connectivity index (χ2n) is 8.59. The lowest BCUT2D eigenvalue weighted by Gasteiger charge is -2.46. The molecule has 2 rings (SSSR count). The van der Waals surface area contributed by atoms with Crippen LogP contribution in [0.2, 0.25) is 0 Å². The maximum Gasteiger partial charge on any atom is 0.241 e.